The SMILES string of the molecule is CC(C)CC(NC(=O)N1CCCCCC1)C(=O)NC(Cc1cn(C)c2ccccc12)C(=O)N[C@H](Cc1ccccn1)C(=O)Oc1ccc(CO[N+](=O)[O-])cc1. The molecular weight excluding hydrogens is 706 g/mol. The third-order valence-corrected chi connectivity index (χ3v) is 9.47. The third kappa shape index (κ3) is 11.7. The van der Waals surface area contributed by atoms with Crippen LogP contribution in [0.25, 0.3) is 10.9 Å². The number of carbonyl (C=O) groups excluding carboxylic acids is 4. The molecule has 15 nitrogen and oxygen atoms in total. The number of benzene rings is 2. The number of esters is 1. The van der Waals surface area contributed by atoms with Crippen LogP contribution in [-0.2, 0) is 45.7 Å². The summed E-state index contributed by atoms with van der Waals surface area (Å²) in [6.45, 7) is 4.87. The van der Waals surface area contributed by atoms with E-state index in [4.69, 9.17) is 4.74 Å². The summed E-state index contributed by atoms with van der Waals surface area (Å²) in [6, 6.07) is 15.3. The van der Waals surface area contributed by atoms with E-state index in [0.717, 1.165) is 42.1 Å². The number of rotatable bonds is 16. The van der Waals surface area contributed by atoms with Crippen LogP contribution < -0.4 is 20.7 Å². The van der Waals surface area contributed by atoms with Gasteiger partial charge in [0.15, 0.2) is 0 Å². The van der Waals surface area contributed by atoms with E-state index in [1.165, 1.54) is 24.3 Å². The lowest BCUT2D eigenvalue weighted by Gasteiger charge is -2.28. The molecule has 1 saturated heterocycles. The lowest BCUT2D eigenvalue weighted by atomic mass is 10.0. The second kappa shape index (κ2) is 19.4. The molecule has 0 radical (unpaired) electrons. The maximum Gasteiger partial charge on any atom is 0.334 e. The summed E-state index contributed by atoms with van der Waals surface area (Å²) >= 11 is 0. The molecule has 292 valence electrons. The number of ether oxygens (including phenoxy) is 1. The molecule has 3 heterocycles. The van der Waals surface area contributed by atoms with E-state index in [0.29, 0.717) is 30.8 Å². The number of nitrogens with one attached hydrogen (secondary N) is 3. The number of aryl methyl sites for hydroxylation is 1. The van der Waals surface area contributed by atoms with Crippen molar-refractivity contribution in [1.82, 2.24) is 30.4 Å². The number of fused-ring (bicyclic) bond motifs is 1. The molecule has 0 aliphatic carbocycles. The molecule has 0 saturated carbocycles. The zero-order chi connectivity index (χ0) is 39.3. The van der Waals surface area contributed by atoms with Gasteiger partial charge < -0.3 is 35.0 Å². The summed E-state index contributed by atoms with van der Waals surface area (Å²) < 4.78 is 7.61. The molecule has 1 fully saturated rings. The van der Waals surface area contributed by atoms with Crippen LogP contribution in [0.1, 0.15) is 62.8 Å². The fraction of sp³-hybridized carbons (Fsp3) is 0.425. The topological polar surface area (TPSA) is 187 Å². The normalized spacial score (nSPS) is 14.7. The molecule has 0 spiro atoms. The van der Waals surface area contributed by atoms with E-state index >= 15 is 0 Å². The second-order valence-electron chi connectivity index (χ2n) is 14.2. The van der Waals surface area contributed by atoms with Gasteiger partial charge in [-0.2, -0.15) is 0 Å². The van der Waals surface area contributed by atoms with Gasteiger partial charge in [0, 0.05) is 62.0 Å². The smallest absolute Gasteiger partial charge is 0.334 e. The summed E-state index contributed by atoms with van der Waals surface area (Å²) in [7, 11) is 1.90. The van der Waals surface area contributed by atoms with Crippen molar-refractivity contribution < 1.29 is 33.8 Å². The van der Waals surface area contributed by atoms with Gasteiger partial charge in [-0.05, 0) is 66.6 Å². The molecule has 1 aliphatic rings. The number of para-hydroxylation sites is 1. The van der Waals surface area contributed by atoms with E-state index in [1.54, 1.807) is 29.3 Å². The number of urea groups is 1. The highest BCUT2D eigenvalue weighted by atomic mass is 16.9. The van der Waals surface area contributed by atoms with Crippen molar-refractivity contribution in [3.8, 4) is 5.75 Å². The molecule has 2 aromatic carbocycles. The molecular formula is C40H49N7O8. The summed E-state index contributed by atoms with van der Waals surface area (Å²) in [4.78, 5) is 76.7. The van der Waals surface area contributed by atoms with Gasteiger partial charge in [0.2, 0.25) is 11.8 Å². The summed E-state index contributed by atoms with van der Waals surface area (Å²) in [6.07, 6.45) is 7.79. The molecule has 15 heteroatoms. The zero-order valence-electron chi connectivity index (χ0n) is 31.4. The van der Waals surface area contributed by atoms with Crippen molar-refractivity contribution in [2.45, 2.75) is 83.5 Å². The molecule has 3 atom stereocenters. The summed E-state index contributed by atoms with van der Waals surface area (Å²) in [5.41, 5.74) is 2.75. The zero-order valence-corrected chi connectivity index (χ0v) is 31.4. The van der Waals surface area contributed by atoms with E-state index in [-0.39, 0.29) is 37.1 Å². The fourth-order valence-electron chi connectivity index (χ4n) is 6.67. The maximum atomic E-state index is 14.4. The first-order valence-corrected chi connectivity index (χ1v) is 18.6. The first-order valence-electron chi connectivity index (χ1n) is 18.6. The van der Waals surface area contributed by atoms with Crippen LogP contribution in [0.2, 0.25) is 0 Å². The van der Waals surface area contributed by atoms with Crippen molar-refractivity contribution in [1.29, 1.82) is 0 Å². The quantitative estimate of drug-likeness (QED) is 0.0634. The minimum absolute atomic E-state index is 0.0169. The predicted molar refractivity (Wildman–Crippen MR) is 204 cm³/mol. The Morgan fingerprint density at radius 3 is 2.18 bits per heavy atom. The van der Waals surface area contributed by atoms with Crippen LogP contribution in [0.3, 0.4) is 0 Å². The van der Waals surface area contributed by atoms with E-state index in [1.807, 2.05) is 55.9 Å². The van der Waals surface area contributed by atoms with Crippen LogP contribution >= 0.6 is 0 Å². The monoisotopic (exact) mass is 755 g/mol. The van der Waals surface area contributed by atoms with Crippen LogP contribution in [-0.4, -0.2) is 74.6 Å². The Labute approximate surface area is 319 Å². The highest BCUT2D eigenvalue weighted by Crippen LogP contribution is 2.22. The van der Waals surface area contributed by atoms with Gasteiger partial charge >= 0.3 is 12.0 Å². The van der Waals surface area contributed by atoms with Crippen LogP contribution in [0.15, 0.2) is 79.1 Å². The molecule has 4 aromatic rings. The van der Waals surface area contributed by atoms with Crippen molar-refractivity contribution >= 4 is 34.7 Å². The number of nitrogens with zero attached hydrogens (tertiary/aromatic N) is 4. The summed E-state index contributed by atoms with van der Waals surface area (Å²) in [5, 5.41) is 19.3. The molecule has 1 aliphatic heterocycles. The number of aromatic nitrogens is 2. The Kier molecular flexibility index (Phi) is 14.2. The summed E-state index contributed by atoms with van der Waals surface area (Å²) in [5.74, 6) is -1.73. The van der Waals surface area contributed by atoms with Crippen molar-refractivity contribution in [2.24, 2.45) is 13.0 Å². The van der Waals surface area contributed by atoms with Crippen LogP contribution in [0.5, 0.6) is 5.75 Å². The van der Waals surface area contributed by atoms with E-state index < -0.39 is 41.0 Å². The first kappa shape index (κ1) is 40.2. The van der Waals surface area contributed by atoms with E-state index in [2.05, 4.69) is 25.8 Å². The average Bonchev–Trinajstić information content (AvgIpc) is 3.30. The molecule has 3 N–H and O–H groups in total. The number of hydrogen-bond acceptors (Lipinski definition) is 9. The average molecular weight is 756 g/mol. The second-order valence-corrected chi connectivity index (χ2v) is 14.2. The standard InChI is InChI=1S/C40H49N7O8/c1-27(2)22-33(44-40(51)46-20-10-4-5-11-21-46)37(48)42-34(23-29-25-45(3)36-14-7-6-13-32(29)36)38(49)43-35(24-30-12-8-9-19-41-30)39(50)55-31-17-15-28(16-18-31)26-54-47(52)53/h6-9,12-19,25,27,33-35H,4-5,10-11,20-24,26H2,1-3H3,(H,42,48)(H,43,49)(H,44,51)/t33?,34?,35-/m1/s1. The van der Waals surface area contributed by atoms with Crippen molar-refractivity contribution in [3.63, 3.8) is 0 Å². The van der Waals surface area contributed by atoms with Gasteiger partial charge in [-0.25, -0.2) is 9.59 Å². The number of likely N-dealkylation sites (tertiary alicyclic amines) is 1. The Hall–Kier alpha value is -5.99. The number of carbonyl (C=O) groups is 4. The third-order valence-electron chi connectivity index (χ3n) is 9.47. The molecule has 4 amide bonds. The van der Waals surface area contributed by atoms with Gasteiger partial charge in [0.1, 0.15) is 30.5 Å². The Bertz CT molecular complexity index is 1920. The Morgan fingerprint density at radius 1 is 0.836 bits per heavy atom. The maximum absolute atomic E-state index is 14.4. The Balaban J connectivity index is 1.40. The minimum atomic E-state index is -1.22. The highest BCUT2D eigenvalue weighted by molar-refractivity contribution is 5.94. The molecule has 0 bridgehead atoms. The Morgan fingerprint density at radius 2 is 1.51 bits per heavy atom. The van der Waals surface area contributed by atoms with Crippen molar-refractivity contribution in [2.75, 3.05) is 13.1 Å². The first-order chi connectivity index (χ1) is 26.5. The number of hydrogen-bond donors (Lipinski definition) is 3. The van der Waals surface area contributed by atoms with Crippen molar-refractivity contribution in [3.05, 3.63) is 106 Å². The van der Waals surface area contributed by atoms with E-state index in [9.17, 15) is 29.3 Å². The lowest BCUT2D eigenvalue weighted by molar-refractivity contribution is -0.763. The fourth-order valence-corrected chi connectivity index (χ4v) is 6.67. The number of amides is 4. The van der Waals surface area contributed by atoms with Crippen LogP contribution in [0.4, 0.5) is 4.79 Å². The van der Waals surface area contributed by atoms with Gasteiger partial charge in [-0.1, -0.05) is 63.1 Å². The van der Waals surface area contributed by atoms with Crippen LogP contribution in [0, 0.1) is 16.0 Å². The largest absolute Gasteiger partial charge is 0.425 e. The molecule has 5 rings (SSSR count). The molecule has 55 heavy (non-hydrogen) atoms. The number of pyridine rings is 1. The molecule has 2 aromatic heterocycles. The van der Waals surface area contributed by atoms with Gasteiger partial charge in [-0.3, -0.25) is 14.6 Å². The van der Waals surface area contributed by atoms with Gasteiger partial charge in [0.05, 0.1) is 0 Å². The highest BCUT2D eigenvalue weighted by Gasteiger charge is 2.33. The lowest BCUT2D eigenvalue weighted by Crippen LogP contribution is -2.58. The minimum Gasteiger partial charge on any atom is -0.425 e. The molecule has 2 unspecified atom stereocenters. The van der Waals surface area contributed by atoms with Gasteiger partial charge in [0.25, 0.3) is 5.09 Å². The van der Waals surface area contributed by atoms with Gasteiger partial charge in [-0.15, -0.1) is 10.1 Å². The predicted octanol–water partition coefficient (Wildman–Crippen LogP) is 4.64.